The lowest BCUT2D eigenvalue weighted by Gasteiger charge is -2.30. The van der Waals surface area contributed by atoms with Gasteiger partial charge >= 0.3 is 0 Å². The molecular formula is C8H16N2O2. The van der Waals surface area contributed by atoms with E-state index in [4.69, 9.17) is 5.73 Å². The van der Waals surface area contributed by atoms with Gasteiger partial charge in [-0.05, 0) is 12.8 Å². The van der Waals surface area contributed by atoms with Crippen LogP contribution in [0.5, 0.6) is 0 Å². The van der Waals surface area contributed by atoms with Crippen molar-refractivity contribution in [3.8, 4) is 0 Å². The summed E-state index contributed by atoms with van der Waals surface area (Å²) in [5.74, 6) is 0.0660. The van der Waals surface area contributed by atoms with E-state index in [9.17, 15) is 9.90 Å². The zero-order valence-electron chi connectivity index (χ0n) is 7.20. The molecular weight excluding hydrogens is 156 g/mol. The summed E-state index contributed by atoms with van der Waals surface area (Å²) in [6.07, 6.45) is 1.77. The summed E-state index contributed by atoms with van der Waals surface area (Å²) < 4.78 is 0. The molecule has 4 nitrogen and oxygen atoms in total. The Morgan fingerprint density at radius 1 is 1.67 bits per heavy atom. The van der Waals surface area contributed by atoms with Crippen molar-refractivity contribution in [3.05, 3.63) is 0 Å². The Hall–Kier alpha value is -0.610. The topological polar surface area (TPSA) is 66.6 Å². The number of aliphatic hydroxyl groups is 1. The van der Waals surface area contributed by atoms with Gasteiger partial charge in [0, 0.05) is 26.1 Å². The second-order valence-corrected chi connectivity index (χ2v) is 3.17. The molecule has 0 aliphatic carbocycles. The minimum atomic E-state index is -0.333. The van der Waals surface area contributed by atoms with E-state index >= 15 is 0 Å². The number of β-amino-alcohol motifs (C(OH)–C–C–N with tert-alkyl or cyclic N) is 1. The van der Waals surface area contributed by atoms with E-state index in [1.807, 2.05) is 0 Å². The Morgan fingerprint density at radius 3 is 3.00 bits per heavy atom. The van der Waals surface area contributed by atoms with Crippen LogP contribution in [0.15, 0.2) is 0 Å². The lowest BCUT2D eigenvalue weighted by atomic mass is 10.1. The Bertz CT molecular complexity index is 161. The summed E-state index contributed by atoms with van der Waals surface area (Å²) >= 11 is 0. The number of carbonyl (C=O) groups is 1. The zero-order chi connectivity index (χ0) is 8.97. The largest absolute Gasteiger partial charge is 0.391 e. The lowest BCUT2D eigenvalue weighted by Crippen LogP contribution is -2.42. The highest BCUT2D eigenvalue weighted by Gasteiger charge is 2.20. The second-order valence-electron chi connectivity index (χ2n) is 3.17. The highest BCUT2D eigenvalue weighted by Crippen LogP contribution is 2.10. The van der Waals surface area contributed by atoms with Crippen LogP contribution in [0.1, 0.15) is 19.3 Å². The van der Waals surface area contributed by atoms with Crippen LogP contribution >= 0.6 is 0 Å². The molecule has 1 amide bonds. The molecule has 4 heteroatoms. The number of nitrogens with two attached hydrogens (primary N) is 1. The monoisotopic (exact) mass is 172 g/mol. The number of piperidine rings is 1. The van der Waals surface area contributed by atoms with E-state index in [1.165, 1.54) is 0 Å². The van der Waals surface area contributed by atoms with Crippen LogP contribution in [0.3, 0.4) is 0 Å². The molecule has 1 atom stereocenters. The Morgan fingerprint density at radius 2 is 2.42 bits per heavy atom. The third kappa shape index (κ3) is 2.46. The molecule has 0 saturated carbocycles. The number of hydrogen-bond donors (Lipinski definition) is 2. The van der Waals surface area contributed by atoms with Crippen molar-refractivity contribution in [2.75, 3.05) is 19.6 Å². The summed E-state index contributed by atoms with van der Waals surface area (Å²) in [4.78, 5) is 13.0. The van der Waals surface area contributed by atoms with Gasteiger partial charge in [-0.3, -0.25) is 4.79 Å². The Labute approximate surface area is 72.3 Å². The SMILES string of the molecule is NCCC(=O)N1CCCC(O)C1. The fourth-order valence-electron chi connectivity index (χ4n) is 1.46. The third-order valence-corrected chi connectivity index (χ3v) is 2.11. The van der Waals surface area contributed by atoms with Gasteiger partial charge in [0.05, 0.1) is 6.10 Å². The van der Waals surface area contributed by atoms with Crippen molar-refractivity contribution in [1.82, 2.24) is 4.90 Å². The summed E-state index contributed by atoms with van der Waals surface area (Å²) in [5, 5.41) is 9.27. The maximum Gasteiger partial charge on any atom is 0.223 e. The predicted octanol–water partition coefficient (Wildman–Crippen LogP) is -0.682. The quantitative estimate of drug-likeness (QED) is 0.580. The molecule has 0 bridgehead atoms. The predicted molar refractivity (Wildman–Crippen MR) is 45.5 cm³/mol. The normalized spacial score (nSPS) is 24.2. The van der Waals surface area contributed by atoms with Crippen LogP contribution in [-0.4, -0.2) is 41.7 Å². The van der Waals surface area contributed by atoms with Crippen LogP contribution in [0.4, 0.5) is 0 Å². The van der Waals surface area contributed by atoms with Crippen LogP contribution < -0.4 is 5.73 Å². The molecule has 1 heterocycles. The molecule has 1 rings (SSSR count). The van der Waals surface area contributed by atoms with Crippen LogP contribution in [-0.2, 0) is 4.79 Å². The van der Waals surface area contributed by atoms with Crippen LogP contribution in [0, 0.1) is 0 Å². The third-order valence-electron chi connectivity index (χ3n) is 2.11. The Kier molecular flexibility index (Phi) is 3.49. The first-order valence-corrected chi connectivity index (χ1v) is 4.40. The van der Waals surface area contributed by atoms with Gasteiger partial charge in [-0.25, -0.2) is 0 Å². The summed E-state index contributed by atoms with van der Waals surface area (Å²) in [6.45, 7) is 1.65. The van der Waals surface area contributed by atoms with Gasteiger partial charge in [-0.15, -0.1) is 0 Å². The number of aliphatic hydroxyl groups excluding tert-OH is 1. The first kappa shape index (κ1) is 9.48. The van der Waals surface area contributed by atoms with E-state index in [1.54, 1.807) is 4.90 Å². The molecule has 0 radical (unpaired) electrons. The molecule has 0 aromatic heterocycles. The summed E-state index contributed by atoms with van der Waals surface area (Å²) in [6, 6.07) is 0. The maximum absolute atomic E-state index is 11.3. The molecule has 3 N–H and O–H groups in total. The highest BCUT2D eigenvalue weighted by atomic mass is 16.3. The number of carbonyl (C=O) groups excluding carboxylic acids is 1. The number of nitrogens with zero attached hydrogens (tertiary/aromatic N) is 1. The first-order valence-electron chi connectivity index (χ1n) is 4.40. The van der Waals surface area contributed by atoms with E-state index in [2.05, 4.69) is 0 Å². The standard InChI is InChI=1S/C8H16N2O2/c9-4-3-8(12)10-5-1-2-7(11)6-10/h7,11H,1-6,9H2. The van der Waals surface area contributed by atoms with Gasteiger partial charge in [0.15, 0.2) is 0 Å². The lowest BCUT2D eigenvalue weighted by molar-refractivity contribution is -0.134. The van der Waals surface area contributed by atoms with Gasteiger partial charge in [-0.1, -0.05) is 0 Å². The number of rotatable bonds is 2. The molecule has 1 saturated heterocycles. The van der Waals surface area contributed by atoms with Crippen LogP contribution in [0.25, 0.3) is 0 Å². The Balaban J connectivity index is 2.35. The first-order chi connectivity index (χ1) is 5.74. The molecule has 1 unspecified atom stereocenters. The molecule has 0 aromatic rings. The van der Waals surface area contributed by atoms with Gasteiger partial charge in [0.2, 0.25) is 5.91 Å². The molecule has 1 aliphatic heterocycles. The van der Waals surface area contributed by atoms with Crippen molar-refractivity contribution in [3.63, 3.8) is 0 Å². The van der Waals surface area contributed by atoms with Gasteiger partial charge in [0.1, 0.15) is 0 Å². The van der Waals surface area contributed by atoms with Crippen molar-refractivity contribution < 1.29 is 9.90 Å². The number of hydrogen-bond acceptors (Lipinski definition) is 3. The summed E-state index contributed by atoms with van der Waals surface area (Å²) in [7, 11) is 0. The van der Waals surface area contributed by atoms with Crippen LogP contribution in [0.2, 0.25) is 0 Å². The number of likely N-dealkylation sites (tertiary alicyclic amines) is 1. The molecule has 1 aliphatic rings. The maximum atomic E-state index is 11.3. The smallest absolute Gasteiger partial charge is 0.223 e. The van der Waals surface area contributed by atoms with Crippen molar-refractivity contribution in [1.29, 1.82) is 0 Å². The van der Waals surface area contributed by atoms with Crippen molar-refractivity contribution in [2.45, 2.75) is 25.4 Å². The minimum absolute atomic E-state index is 0.0660. The van der Waals surface area contributed by atoms with Crippen molar-refractivity contribution >= 4 is 5.91 Å². The minimum Gasteiger partial charge on any atom is -0.391 e. The summed E-state index contributed by atoms with van der Waals surface area (Å²) in [5.41, 5.74) is 5.26. The van der Waals surface area contributed by atoms with E-state index in [0.29, 0.717) is 19.5 Å². The zero-order valence-corrected chi connectivity index (χ0v) is 7.20. The molecule has 0 aromatic carbocycles. The molecule has 1 fully saturated rings. The van der Waals surface area contributed by atoms with Gasteiger partial charge < -0.3 is 15.7 Å². The van der Waals surface area contributed by atoms with Gasteiger partial charge in [0.25, 0.3) is 0 Å². The van der Waals surface area contributed by atoms with E-state index in [0.717, 1.165) is 19.4 Å². The molecule has 12 heavy (non-hydrogen) atoms. The van der Waals surface area contributed by atoms with Crippen molar-refractivity contribution in [2.24, 2.45) is 5.73 Å². The van der Waals surface area contributed by atoms with E-state index < -0.39 is 0 Å². The average Bonchev–Trinajstić information content (AvgIpc) is 2.05. The second kappa shape index (κ2) is 4.42. The molecule has 0 spiro atoms. The van der Waals surface area contributed by atoms with E-state index in [-0.39, 0.29) is 12.0 Å². The average molecular weight is 172 g/mol. The van der Waals surface area contributed by atoms with Gasteiger partial charge in [-0.2, -0.15) is 0 Å². The highest BCUT2D eigenvalue weighted by molar-refractivity contribution is 5.76. The fourth-order valence-corrected chi connectivity index (χ4v) is 1.46. The fraction of sp³-hybridized carbons (Fsp3) is 0.875. The molecule has 70 valence electrons. The number of amides is 1.